The average molecular weight is 299 g/mol. The highest BCUT2D eigenvalue weighted by molar-refractivity contribution is 9.10. The normalized spacial score (nSPS) is 15.2. The summed E-state index contributed by atoms with van der Waals surface area (Å²) < 4.78 is 5.98. The summed E-state index contributed by atoms with van der Waals surface area (Å²) in [6, 6.07) is 5.51. The maximum atomic E-state index is 11.8. The van der Waals surface area contributed by atoms with Gasteiger partial charge in [0.25, 0.3) is 0 Å². The number of ether oxygens (including phenoxy) is 1. The van der Waals surface area contributed by atoms with Gasteiger partial charge < -0.3 is 15.4 Å². The van der Waals surface area contributed by atoms with E-state index in [0.29, 0.717) is 12.3 Å². The number of anilines is 1. The first-order chi connectivity index (χ1) is 8.19. The third-order valence-corrected chi connectivity index (χ3v) is 3.48. The molecule has 4 nitrogen and oxygen atoms in total. The SMILES string of the molecule is COc1ccc(Br)c(NC(=O)CC2CNC2)c1. The first-order valence-corrected chi connectivity index (χ1v) is 6.32. The standard InChI is InChI=1S/C12H15BrN2O2/c1-17-9-2-3-10(13)11(5-9)15-12(16)4-8-6-14-7-8/h2-3,5,8,14H,4,6-7H2,1H3,(H,15,16). The lowest BCUT2D eigenvalue weighted by Crippen LogP contribution is -2.43. The number of rotatable bonds is 4. The minimum atomic E-state index is 0.0467. The molecule has 2 rings (SSSR count). The minimum Gasteiger partial charge on any atom is -0.497 e. The lowest BCUT2D eigenvalue weighted by molar-refractivity contribution is -0.117. The molecule has 1 saturated heterocycles. The molecular formula is C12H15BrN2O2. The zero-order valence-corrected chi connectivity index (χ0v) is 11.2. The number of methoxy groups -OCH3 is 1. The summed E-state index contributed by atoms with van der Waals surface area (Å²) in [6.45, 7) is 1.87. The van der Waals surface area contributed by atoms with Gasteiger partial charge in [0, 0.05) is 17.0 Å². The van der Waals surface area contributed by atoms with Crippen molar-refractivity contribution in [2.45, 2.75) is 6.42 Å². The molecule has 1 aromatic rings. The number of amides is 1. The van der Waals surface area contributed by atoms with E-state index in [2.05, 4.69) is 26.6 Å². The molecule has 1 heterocycles. The first kappa shape index (κ1) is 12.4. The highest BCUT2D eigenvalue weighted by atomic mass is 79.9. The van der Waals surface area contributed by atoms with Crippen molar-refractivity contribution in [1.82, 2.24) is 5.32 Å². The van der Waals surface area contributed by atoms with E-state index in [4.69, 9.17) is 4.74 Å². The summed E-state index contributed by atoms with van der Waals surface area (Å²) in [5.74, 6) is 1.25. The fourth-order valence-corrected chi connectivity index (χ4v) is 2.03. The number of nitrogens with one attached hydrogen (secondary N) is 2. The van der Waals surface area contributed by atoms with E-state index >= 15 is 0 Å². The number of hydrogen-bond donors (Lipinski definition) is 2. The molecule has 17 heavy (non-hydrogen) atoms. The van der Waals surface area contributed by atoms with Crippen LogP contribution in [0.5, 0.6) is 5.75 Å². The Hall–Kier alpha value is -1.07. The Morgan fingerprint density at radius 2 is 2.35 bits per heavy atom. The molecule has 0 saturated carbocycles. The van der Waals surface area contributed by atoms with Crippen LogP contribution in [0.4, 0.5) is 5.69 Å². The van der Waals surface area contributed by atoms with E-state index in [1.165, 1.54) is 0 Å². The van der Waals surface area contributed by atoms with Crippen LogP contribution in [0.1, 0.15) is 6.42 Å². The van der Waals surface area contributed by atoms with Gasteiger partial charge in [-0.1, -0.05) is 0 Å². The molecule has 5 heteroatoms. The van der Waals surface area contributed by atoms with E-state index < -0.39 is 0 Å². The zero-order chi connectivity index (χ0) is 12.3. The monoisotopic (exact) mass is 298 g/mol. The topological polar surface area (TPSA) is 50.4 Å². The van der Waals surface area contributed by atoms with Gasteiger partial charge >= 0.3 is 0 Å². The third-order valence-electron chi connectivity index (χ3n) is 2.79. The van der Waals surface area contributed by atoms with Crippen LogP contribution >= 0.6 is 15.9 Å². The van der Waals surface area contributed by atoms with Crippen LogP contribution in [0.15, 0.2) is 22.7 Å². The van der Waals surface area contributed by atoms with Gasteiger partial charge in [0.1, 0.15) is 5.75 Å². The van der Waals surface area contributed by atoms with Gasteiger partial charge in [0.2, 0.25) is 5.91 Å². The van der Waals surface area contributed by atoms with Crippen LogP contribution in [0.2, 0.25) is 0 Å². The number of hydrogen-bond acceptors (Lipinski definition) is 3. The number of carbonyl (C=O) groups excluding carboxylic acids is 1. The smallest absolute Gasteiger partial charge is 0.224 e. The summed E-state index contributed by atoms with van der Waals surface area (Å²) in [4.78, 5) is 11.8. The second kappa shape index (κ2) is 5.51. The molecule has 1 amide bonds. The number of halogens is 1. The Bertz CT molecular complexity index is 419. The first-order valence-electron chi connectivity index (χ1n) is 5.53. The van der Waals surface area contributed by atoms with Gasteiger partial charge in [-0.15, -0.1) is 0 Å². The fourth-order valence-electron chi connectivity index (χ4n) is 1.68. The number of carbonyl (C=O) groups is 1. The second-order valence-electron chi connectivity index (χ2n) is 4.12. The molecule has 1 fully saturated rings. The van der Waals surface area contributed by atoms with Gasteiger partial charge in [-0.3, -0.25) is 4.79 Å². The summed E-state index contributed by atoms with van der Waals surface area (Å²) in [5, 5.41) is 6.04. The molecule has 0 unspecified atom stereocenters. The molecule has 1 aliphatic heterocycles. The molecule has 1 aliphatic rings. The molecule has 1 aromatic carbocycles. The summed E-state index contributed by atoms with van der Waals surface area (Å²) in [5.41, 5.74) is 0.752. The lowest BCUT2D eigenvalue weighted by Gasteiger charge is -2.26. The van der Waals surface area contributed by atoms with Crippen LogP contribution in [0.25, 0.3) is 0 Å². The molecule has 92 valence electrons. The van der Waals surface area contributed by atoms with E-state index in [9.17, 15) is 4.79 Å². The van der Waals surface area contributed by atoms with Crippen LogP contribution in [-0.2, 0) is 4.79 Å². The van der Waals surface area contributed by atoms with E-state index in [0.717, 1.165) is 29.0 Å². The van der Waals surface area contributed by atoms with Crippen molar-refractivity contribution >= 4 is 27.5 Å². The minimum absolute atomic E-state index is 0.0467. The fraction of sp³-hybridized carbons (Fsp3) is 0.417. The van der Waals surface area contributed by atoms with Crippen molar-refractivity contribution in [3.8, 4) is 5.75 Å². The highest BCUT2D eigenvalue weighted by Gasteiger charge is 2.20. The van der Waals surface area contributed by atoms with Crippen LogP contribution in [-0.4, -0.2) is 26.1 Å². The average Bonchev–Trinajstić information content (AvgIpc) is 2.27. The Labute approximate surface area is 109 Å². The molecule has 0 atom stereocenters. The maximum absolute atomic E-state index is 11.8. The third kappa shape index (κ3) is 3.20. The van der Waals surface area contributed by atoms with Crippen molar-refractivity contribution in [2.24, 2.45) is 5.92 Å². The largest absolute Gasteiger partial charge is 0.497 e. The Balaban J connectivity index is 1.98. The lowest BCUT2D eigenvalue weighted by atomic mass is 9.99. The molecule has 0 radical (unpaired) electrons. The van der Waals surface area contributed by atoms with Gasteiger partial charge in [0.15, 0.2) is 0 Å². The van der Waals surface area contributed by atoms with Crippen LogP contribution in [0.3, 0.4) is 0 Å². The van der Waals surface area contributed by atoms with Crippen molar-refractivity contribution in [3.05, 3.63) is 22.7 Å². The Morgan fingerprint density at radius 1 is 1.59 bits per heavy atom. The molecule has 0 aromatic heterocycles. The van der Waals surface area contributed by atoms with Crippen molar-refractivity contribution in [3.63, 3.8) is 0 Å². The Morgan fingerprint density at radius 3 is 2.94 bits per heavy atom. The van der Waals surface area contributed by atoms with E-state index in [-0.39, 0.29) is 5.91 Å². The molecule has 0 aliphatic carbocycles. The summed E-state index contributed by atoms with van der Waals surface area (Å²) in [6.07, 6.45) is 0.566. The molecule has 0 spiro atoms. The van der Waals surface area contributed by atoms with Crippen molar-refractivity contribution in [1.29, 1.82) is 0 Å². The second-order valence-corrected chi connectivity index (χ2v) is 4.98. The summed E-state index contributed by atoms with van der Waals surface area (Å²) >= 11 is 3.40. The van der Waals surface area contributed by atoms with Crippen molar-refractivity contribution in [2.75, 3.05) is 25.5 Å². The van der Waals surface area contributed by atoms with E-state index in [1.54, 1.807) is 13.2 Å². The Kier molecular flexibility index (Phi) is 4.02. The van der Waals surface area contributed by atoms with Gasteiger partial charge in [-0.25, -0.2) is 0 Å². The molecule has 0 bridgehead atoms. The quantitative estimate of drug-likeness (QED) is 0.894. The number of benzene rings is 1. The van der Waals surface area contributed by atoms with Crippen molar-refractivity contribution < 1.29 is 9.53 Å². The summed E-state index contributed by atoms with van der Waals surface area (Å²) in [7, 11) is 1.61. The predicted octanol–water partition coefficient (Wildman–Crippen LogP) is 2.01. The van der Waals surface area contributed by atoms with Crippen LogP contribution < -0.4 is 15.4 Å². The van der Waals surface area contributed by atoms with Gasteiger partial charge in [0.05, 0.1) is 12.8 Å². The molecular weight excluding hydrogens is 284 g/mol. The maximum Gasteiger partial charge on any atom is 0.224 e. The molecule has 2 N–H and O–H groups in total. The van der Waals surface area contributed by atoms with Gasteiger partial charge in [-0.2, -0.15) is 0 Å². The highest BCUT2D eigenvalue weighted by Crippen LogP contribution is 2.27. The van der Waals surface area contributed by atoms with Gasteiger partial charge in [-0.05, 0) is 47.1 Å². The predicted molar refractivity (Wildman–Crippen MR) is 70.3 cm³/mol. The zero-order valence-electron chi connectivity index (χ0n) is 9.63. The van der Waals surface area contributed by atoms with E-state index in [1.807, 2.05) is 12.1 Å². The van der Waals surface area contributed by atoms with Crippen LogP contribution in [0, 0.1) is 5.92 Å².